The molecule has 1 aliphatic rings. The van der Waals surface area contributed by atoms with Crippen molar-refractivity contribution in [2.45, 2.75) is 13.2 Å². The second-order valence-corrected chi connectivity index (χ2v) is 3.75. The molecule has 2 aromatic rings. The number of nitrogens with zero attached hydrogens (tertiary/aromatic N) is 1. The summed E-state index contributed by atoms with van der Waals surface area (Å²) in [6.45, 7) is 1.11. The first kappa shape index (κ1) is 9.23. The molecule has 16 heavy (non-hydrogen) atoms. The van der Waals surface area contributed by atoms with Gasteiger partial charge in [0.15, 0.2) is 0 Å². The molecule has 0 saturated heterocycles. The molecule has 0 spiro atoms. The lowest BCUT2D eigenvalue weighted by molar-refractivity contribution is 0.134. The van der Waals surface area contributed by atoms with Gasteiger partial charge < -0.3 is 20.1 Å². The summed E-state index contributed by atoms with van der Waals surface area (Å²) in [4.78, 5) is 0. The van der Waals surface area contributed by atoms with Crippen molar-refractivity contribution in [2.24, 2.45) is 0 Å². The third-order valence-electron chi connectivity index (χ3n) is 2.64. The summed E-state index contributed by atoms with van der Waals surface area (Å²) in [6.07, 6.45) is 0. The number of fused-ring (bicyclic) bond motifs is 1. The van der Waals surface area contributed by atoms with E-state index in [2.05, 4.69) is 5.16 Å². The van der Waals surface area contributed by atoms with Crippen molar-refractivity contribution in [1.29, 1.82) is 0 Å². The normalized spacial score (nSPS) is 14.0. The summed E-state index contributed by atoms with van der Waals surface area (Å²) >= 11 is 0. The van der Waals surface area contributed by atoms with Gasteiger partial charge in [-0.1, -0.05) is 5.16 Å². The van der Waals surface area contributed by atoms with Crippen LogP contribution in [0.15, 0.2) is 22.7 Å². The van der Waals surface area contributed by atoms with Gasteiger partial charge in [-0.25, -0.2) is 0 Å². The van der Waals surface area contributed by atoms with E-state index in [-0.39, 0.29) is 11.6 Å². The van der Waals surface area contributed by atoms with Crippen molar-refractivity contribution < 1.29 is 14.4 Å². The maximum atomic E-state index is 9.86. The van der Waals surface area contributed by atoms with Crippen molar-refractivity contribution in [3.63, 3.8) is 0 Å². The highest BCUT2D eigenvalue weighted by molar-refractivity contribution is 5.70. The number of phenolic OH excluding ortho intramolecular Hbond substituents is 1. The molecule has 0 bridgehead atoms. The fraction of sp³-hybridized carbons (Fsp3) is 0.182. The molecule has 0 fully saturated rings. The van der Waals surface area contributed by atoms with Crippen LogP contribution >= 0.6 is 0 Å². The molecule has 1 aromatic carbocycles. The number of nitrogen functional groups attached to an aromatic ring is 1. The van der Waals surface area contributed by atoms with E-state index in [1.807, 2.05) is 6.07 Å². The topological polar surface area (TPSA) is 81.5 Å². The lowest BCUT2D eigenvalue weighted by Crippen LogP contribution is -1.86. The molecule has 5 nitrogen and oxygen atoms in total. The zero-order chi connectivity index (χ0) is 11.1. The third-order valence-corrected chi connectivity index (χ3v) is 2.64. The Labute approximate surface area is 91.4 Å². The van der Waals surface area contributed by atoms with Crippen molar-refractivity contribution in [3.8, 4) is 17.0 Å². The van der Waals surface area contributed by atoms with Gasteiger partial charge in [0.1, 0.15) is 11.4 Å². The quantitative estimate of drug-likeness (QED) is 0.760. The molecule has 1 aliphatic heterocycles. The van der Waals surface area contributed by atoms with Gasteiger partial charge in [0.05, 0.1) is 13.2 Å². The number of hydrogen-bond donors (Lipinski definition) is 2. The molecular weight excluding hydrogens is 208 g/mol. The van der Waals surface area contributed by atoms with Crippen LogP contribution in [0.1, 0.15) is 11.1 Å². The van der Waals surface area contributed by atoms with Crippen LogP contribution in [0.4, 0.5) is 5.88 Å². The first-order valence-electron chi connectivity index (χ1n) is 4.89. The summed E-state index contributed by atoms with van der Waals surface area (Å²) in [5.41, 5.74) is 8.67. The van der Waals surface area contributed by atoms with Crippen LogP contribution in [-0.2, 0) is 18.0 Å². The predicted octanol–water partition coefficient (Wildman–Crippen LogP) is 1.66. The van der Waals surface area contributed by atoms with E-state index < -0.39 is 0 Å². The van der Waals surface area contributed by atoms with Crippen LogP contribution in [0.3, 0.4) is 0 Å². The number of aromatic nitrogens is 1. The maximum absolute atomic E-state index is 9.86. The second-order valence-electron chi connectivity index (χ2n) is 3.75. The first-order chi connectivity index (χ1) is 7.74. The number of anilines is 1. The molecule has 0 amide bonds. The highest BCUT2D eigenvalue weighted by atomic mass is 16.5. The maximum Gasteiger partial charge on any atom is 0.222 e. The minimum absolute atomic E-state index is 0.164. The predicted molar refractivity (Wildman–Crippen MR) is 56.5 cm³/mol. The number of phenols is 1. The van der Waals surface area contributed by atoms with E-state index in [0.29, 0.717) is 24.5 Å². The van der Waals surface area contributed by atoms with Gasteiger partial charge in [-0.3, -0.25) is 0 Å². The van der Waals surface area contributed by atoms with Gasteiger partial charge in [0, 0.05) is 11.6 Å². The minimum Gasteiger partial charge on any atom is -0.507 e. The van der Waals surface area contributed by atoms with Gasteiger partial charge in [-0.2, -0.15) is 0 Å². The molecule has 3 N–H and O–H groups in total. The van der Waals surface area contributed by atoms with Crippen LogP contribution in [0, 0.1) is 0 Å². The van der Waals surface area contributed by atoms with Gasteiger partial charge >= 0.3 is 0 Å². The molecule has 82 valence electrons. The molecule has 3 rings (SSSR count). The molecule has 0 atom stereocenters. The first-order valence-corrected chi connectivity index (χ1v) is 4.89. The second kappa shape index (κ2) is 3.24. The Morgan fingerprint density at radius 2 is 1.94 bits per heavy atom. The number of hydrogen-bond acceptors (Lipinski definition) is 5. The number of aromatic hydroxyl groups is 1. The minimum atomic E-state index is 0.164. The van der Waals surface area contributed by atoms with Crippen LogP contribution in [-0.4, -0.2) is 10.3 Å². The van der Waals surface area contributed by atoms with E-state index in [0.717, 1.165) is 11.1 Å². The van der Waals surface area contributed by atoms with E-state index in [1.165, 1.54) is 0 Å². The fourth-order valence-electron chi connectivity index (χ4n) is 1.84. The summed E-state index contributed by atoms with van der Waals surface area (Å²) < 4.78 is 10.1. The Hall–Kier alpha value is -2.01. The molecule has 0 saturated carbocycles. The summed E-state index contributed by atoms with van der Waals surface area (Å²) in [5.74, 6) is 0.392. The Morgan fingerprint density at radius 3 is 2.62 bits per heavy atom. The van der Waals surface area contributed by atoms with Crippen LogP contribution in [0.25, 0.3) is 11.3 Å². The molecule has 2 heterocycles. The van der Waals surface area contributed by atoms with E-state index >= 15 is 0 Å². The smallest absolute Gasteiger partial charge is 0.222 e. The zero-order valence-electron chi connectivity index (χ0n) is 8.43. The number of nitrogens with two attached hydrogens (primary N) is 1. The van der Waals surface area contributed by atoms with Crippen LogP contribution in [0.5, 0.6) is 5.75 Å². The number of benzene rings is 1. The number of ether oxygens (including phenoxy) is 1. The van der Waals surface area contributed by atoms with Crippen LogP contribution < -0.4 is 5.73 Å². The lowest BCUT2D eigenvalue weighted by Gasteiger charge is -2.03. The number of rotatable bonds is 1. The summed E-state index contributed by atoms with van der Waals surface area (Å²) in [7, 11) is 0. The molecule has 5 heteroatoms. The van der Waals surface area contributed by atoms with Gasteiger partial charge in [0.2, 0.25) is 5.88 Å². The van der Waals surface area contributed by atoms with Crippen molar-refractivity contribution in [3.05, 3.63) is 29.3 Å². The van der Waals surface area contributed by atoms with Crippen molar-refractivity contribution >= 4 is 5.88 Å². The average Bonchev–Trinajstić information content (AvgIpc) is 2.84. The van der Waals surface area contributed by atoms with Crippen LogP contribution in [0.2, 0.25) is 0 Å². The Kier molecular flexibility index (Phi) is 1.87. The van der Waals surface area contributed by atoms with Crippen molar-refractivity contribution in [1.82, 2.24) is 5.16 Å². The molecule has 0 unspecified atom stereocenters. The Bertz CT molecular complexity index is 548. The highest BCUT2D eigenvalue weighted by Crippen LogP contribution is 2.34. The van der Waals surface area contributed by atoms with E-state index in [4.69, 9.17) is 15.0 Å². The van der Waals surface area contributed by atoms with Crippen molar-refractivity contribution in [2.75, 3.05) is 5.73 Å². The standard InChI is InChI=1S/C11H10N2O3/c12-11-3-9(13-16-11)8-1-6-4-15-5-7(6)2-10(8)14/h1-3,14H,4-5,12H2. The molecule has 0 aliphatic carbocycles. The van der Waals surface area contributed by atoms with Gasteiger partial charge in [-0.05, 0) is 23.3 Å². The van der Waals surface area contributed by atoms with Gasteiger partial charge in [-0.15, -0.1) is 0 Å². The Balaban J connectivity index is 2.14. The lowest BCUT2D eigenvalue weighted by atomic mass is 10.0. The molecular formula is C11H10N2O3. The Morgan fingerprint density at radius 1 is 1.19 bits per heavy atom. The summed E-state index contributed by atoms with van der Waals surface area (Å²) in [5, 5.41) is 13.6. The molecule has 0 radical (unpaired) electrons. The third kappa shape index (κ3) is 1.33. The highest BCUT2D eigenvalue weighted by Gasteiger charge is 2.17. The fourth-order valence-corrected chi connectivity index (χ4v) is 1.84. The van der Waals surface area contributed by atoms with E-state index in [9.17, 15) is 5.11 Å². The SMILES string of the molecule is Nc1cc(-c2cc3c(cc2O)COC3)no1. The summed E-state index contributed by atoms with van der Waals surface area (Å²) in [6, 6.07) is 5.13. The molecule has 1 aromatic heterocycles. The largest absolute Gasteiger partial charge is 0.507 e. The monoisotopic (exact) mass is 218 g/mol. The average molecular weight is 218 g/mol. The van der Waals surface area contributed by atoms with E-state index in [1.54, 1.807) is 12.1 Å². The zero-order valence-corrected chi connectivity index (χ0v) is 8.43. The van der Waals surface area contributed by atoms with Gasteiger partial charge in [0.25, 0.3) is 0 Å².